The molecule has 0 amide bonds. The first-order valence-electron chi connectivity index (χ1n) is 6.34. The van der Waals surface area contributed by atoms with Crippen molar-refractivity contribution in [1.29, 1.82) is 0 Å². The molecule has 1 atom stereocenters. The minimum atomic E-state index is -0.470. The van der Waals surface area contributed by atoms with Crippen LogP contribution >= 0.6 is 15.9 Å². The smallest absolute Gasteiger partial charge is 0.178 e. The number of carbonyl (C=O) groups is 1. The molecular weight excluding hydrogens is 323 g/mol. The minimum Gasteiger partial charge on any atom is -0.482 e. The Labute approximate surface area is 124 Å². The van der Waals surface area contributed by atoms with Crippen molar-refractivity contribution in [3.8, 4) is 5.75 Å². The molecule has 20 heavy (non-hydrogen) atoms. The number of benzene rings is 2. The summed E-state index contributed by atoms with van der Waals surface area (Å²) in [5.74, 6) is 0.392. The molecule has 4 heteroatoms. The van der Waals surface area contributed by atoms with Crippen LogP contribution in [0, 0.1) is 5.82 Å². The SMILES string of the molecule is O=C(Cc1cc(F)ccc1Br)C1Cc2ccccc2O1. The average Bonchev–Trinajstić information content (AvgIpc) is 2.87. The fraction of sp³-hybridized carbons (Fsp3) is 0.188. The van der Waals surface area contributed by atoms with Gasteiger partial charge in [-0.25, -0.2) is 4.39 Å². The van der Waals surface area contributed by atoms with Crippen LogP contribution in [-0.2, 0) is 17.6 Å². The Morgan fingerprint density at radius 3 is 2.90 bits per heavy atom. The monoisotopic (exact) mass is 334 g/mol. The molecule has 1 aliphatic heterocycles. The number of ether oxygens (including phenoxy) is 1. The van der Waals surface area contributed by atoms with Crippen LogP contribution in [0.15, 0.2) is 46.9 Å². The van der Waals surface area contributed by atoms with Gasteiger partial charge in [-0.15, -0.1) is 0 Å². The van der Waals surface area contributed by atoms with E-state index in [4.69, 9.17) is 4.74 Å². The number of Topliss-reactive ketones (excluding diaryl/α,β-unsaturated/α-hetero) is 1. The van der Waals surface area contributed by atoms with Crippen molar-refractivity contribution in [2.75, 3.05) is 0 Å². The fourth-order valence-electron chi connectivity index (χ4n) is 2.34. The topological polar surface area (TPSA) is 26.3 Å². The zero-order valence-corrected chi connectivity index (χ0v) is 12.2. The summed E-state index contributed by atoms with van der Waals surface area (Å²) in [6.45, 7) is 0. The Kier molecular flexibility index (Phi) is 3.57. The Morgan fingerprint density at radius 1 is 1.30 bits per heavy atom. The van der Waals surface area contributed by atoms with Crippen molar-refractivity contribution in [1.82, 2.24) is 0 Å². The van der Waals surface area contributed by atoms with Gasteiger partial charge in [0.15, 0.2) is 11.9 Å². The van der Waals surface area contributed by atoms with Crippen LogP contribution in [0.5, 0.6) is 5.75 Å². The predicted octanol–water partition coefficient (Wildman–Crippen LogP) is 3.70. The maximum absolute atomic E-state index is 13.2. The molecule has 0 N–H and O–H groups in total. The molecule has 0 saturated carbocycles. The fourth-order valence-corrected chi connectivity index (χ4v) is 2.73. The molecule has 2 aromatic carbocycles. The molecule has 0 saturated heterocycles. The number of fused-ring (bicyclic) bond motifs is 1. The van der Waals surface area contributed by atoms with E-state index < -0.39 is 6.10 Å². The molecule has 0 fully saturated rings. The van der Waals surface area contributed by atoms with Gasteiger partial charge in [0.1, 0.15) is 11.6 Å². The molecule has 0 spiro atoms. The van der Waals surface area contributed by atoms with Gasteiger partial charge in [-0.05, 0) is 35.4 Å². The first-order valence-corrected chi connectivity index (χ1v) is 7.14. The zero-order chi connectivity index (χ0) is 14.1. The van der Waals surface area contributed by atoms with Gasteiger partial charge in [0.2, 0.25) is 0 Å². The normalized spacial score (nSPS) is 16.6. The number of rotatable bonds is 3. The number of hydrogen-bond donors (Lipinski definition) is 0. The number of carbonyl (C=O) groups excluding carboxylic acids is 1. The van der Waals surface area contributed by atoms with Crippen molar-refractivity contribution in [2.45, 2.75) is 18.9 Å². The molecule has 1 heterocycles. The highest BCUT2D eigenvalue weighted by Gasteiger charge is 2.28. The van der Waals surface area contributed by atoms with Crippen molar-refractivity contribution in [2.24, 2.45) is 0 Å². The highest BCUT2D eigenvalue weighted by molar-refractivity contribution is 9.10. The molecule has 0 aliphatic carbocycles. The Hall–Kier alpha value is -1.68. The molecule has 102 valence electrons. The van der Waals surface area contributed by atoms with Crippen molar-refractivity contribution >= 4 is 21.7 Å². The van der Waals surface area contributed by atoms with Gasteiger partial charge in [-0.3, -0.25) is 4.79 Å². The molecule has 3 rings (SSSR count). The highest BCUT2D eigenvalue weighted by Crippen LogP contribution is 2.29. The third-order valence-electron chi connectivity index (χ3n) is 3.38. The average molecular weight is 335 g/mol. The summed E-state index contributed by atoms with van der Waals surface area (Å²) in [5.41, 5.74) is 1.69. The first-order chi connectivity index (χ1) is 9.63. The zero-order valence-electron chi connectivity index (χ0n) is 10.6. The van der Waals surface area contributed by atoms with Crippen molar-refractivity contribution in [3.63, 3.8) is 0 Å². The maximum Gasteiger partial charge on any atom is 0.178 e. The lowest BCUT2D eigenvalue weighted by Gasteiger charge is -2.10. The van der Waals surface area contributed by atoms with Gasteiger partial charge in [0, 0.05) is 17.3 Å². The second kappa shape index (κ2) is 5.37. The van der Waals surface area contributed by atoms with E-state index in [0.717, 1.165) is 15.8 Å². The predicted molar refractivity (Wildman–Crippen MR) is 77.4 cm³/mol. The van der Waals surface area contributed by atoms with Gasteiger partial charge < -0.3 is 4.74 Å². The van der Waals surface area contributed by atoms with E-state index in [1.165, 1.54) is 12.1 Å². The summed E-state index contributed by atoms with van der Waals surface area (Å²) < 4.78 is 19.6. The summed E-state index contributed by atoms with van der Waals surface area (Å²) in [7, 11) is 0. The number of hydrogen-bond acceptors (Lipinski definition) is 2. The lowest BCUT2D eigenvalue weighted by atomic mass is 10.0. The van der Waals surface area contributed by atoms with Crippen LogP contribution < -0.4 is 4.74 Å². The van der Waals surface area contributed by atoms with E-state index in [-0.39, 0.29) is 18.0 Å². The van der Waals surface area contributed by atoms with Crippen LogP contribution in [0.25, 0.3) is 0 Å². The number of halogens is 2. The van der Waals surface area contributed by atoms with Crippen LogP contribution in [0.4, 0.5) is 4.39 Å². The van der Waals surface area contributed by atoms with Gasteiger partial charge in [-0.2, -0.15) is 0 Å². The maximum atomic E-state index is 13.2. The van der Waals surface area contributed by atoms with Gasteiger partial charge >= 0.3 is 0 Å². The molecule has 0 bridgehead atoms. The van der Waals surface area contributed by atoms with Gasteiger partial charge in [0.05, 0.1) is 0 Å². The van der Waals surface area contributed by atoms with E-state index in [9.17, 15) is 9.18 Å². The third-order valence-corrected chi connectivity index (χ3v) is 4.15. The first kappa shape index (κ1) is 13.3. The van der Waals surface area contributed by atoms with Crippen molar-refractivity contribution in [3.05, 3.63) is 63.9 Å². The van der Waals surface area contributed by atoms with Crippen LogP contribution in [-0.4, -0.2) is 11.9 Å². The van der Waals surface area contributed by atoms with Crippen molar-refractivity contribution < 1.29 is 13.9 Å². The second-order valence-corrected chi connectivity index (χ2v) is 5.65. The minimum absolute atomic E-state index is 0.0347. The van der Waals surface area contributed by atoms with Crippen LogP contribution in [0.3, 0.4) is 0 Å². The summed E-state index contributed by atoms with van der Waals surface area (Å²) in [5, 5.41) is 0. The third kappa shape index (κ3) is 2.61. The van der Waals surface area contributed by atoms with E-state index in [1.807, 2.05) is 24.3 Å². The number of ketones is 1. The largest absolute Gasteiger partial charge is 0.482 e. The van der Waals surface area contributed by atoms with Crippen LogP contribution in [0.2, 0.25) is 0 Å². The molecular formula is C16H12BrFO2. The summed E-state index contributed by atoms with van der Waals surface area (Å²) in [4.78, 5) is 12.3. The standard InChI is InChI=1S/C16H12BrFO2/c17-13-6-5-12(18)7-11(13)8-14(19)16-9-10-3-1-2-4-15(10)20-16/h1-7,16H,8-9H2. The molecule has 1 unspecified atom stereocenters. The Bertz CT molecular complexity index is 644. The Balaban J connectivity index is 1.74. The van der Waals surface area contributed by atoms with Gasteiger partial charge in [0.25, 0.3) is 0 Å². The molecule has 2 aromatic rings. The molecule has 0 aromatic heterocycles. The summed E-state index contributed by atoms with van der Waals surface area (Å²) in [6.07, 6.45) is 0.279. The molecule has 1 aliphatic rings. The van der Waals surface area contributed by atoms with E-state index in [2.05, 4.69) is 15.9 Å². The summed E-state index contributed by atoms with van der Waals surface area (Å²) >= 11 is 3.34. The second-order valence-electron chi connectivity index (χ2n) is 4.80. The lowest BCUT2D eigenvalue weighted by Crippen LogP contribution is -2.27. The summed E-state index contributed by atoms with van der Waals surface area (Å²) in [6, 6.07) is 12.0. The molecule has 2 nitrogen and oxygen atoms in total. The van der Waals surface area contributed by atoms with E-state index >= 15 is 0 Å². The van der Waals surface area contributed by atoms with Crippen LogP contribution in [0.1, 0.15) is 11.1 Å². The lowest BCUT2D eigenvalue weighted by molar-refractivity contribution is -0.124. The van der Waals surface area contributed by atoms with E-state index in [1.54, 1.807) is 6.07 Å². The Morgan fingerprint density at radius 2 is 2.10 bits per heavy atom. The van der Waals surface area contributed by atoms with E-state index in [0.29, 0.717) is 12.0 Å². The quantitative estimate of drug-likeness (QED) is 0.855. The van der Waals surface area contributed by atoms with Gasteiger partial charge in [-0.1, -0.05) is 34.1 Å². The molecule has 0 radical (unpaired) electrons. The highest BCUT2D eigenvalue weighted by atomic mass is 79.9. The number of para-hydroxylation sites is 1.